The molecule has 1 aromatic carbocycles. The molecule has 0 aliphatic carbocycles. The van der Waals surface area contributed by atoms with Crippen molar-refractivity contribution in [1.82, 2.24) is 5.32 Å². The molecule has 1 fully saturated rings. The summed E-state index contributed by atoms with van der Waals surface area (Å²) in [5.74, 6) is -0.0871. The van der Waals surface area contributed by atoms with E-state index in [1.54, 1.807) is 6.07 Å². The molecule has 2 rings (SSSR count). The average Bonchev–Trinajstić information content (AvgIpc) is 2.59. The normalized spacial score (nSPS) is 24.2. The van der Waals surface area contributed by atoms with E-state index < -0.39 is 0 Å². The maximum atomic E-state index is 14.1. The molecule has 0 aromatic heterocycles. The molecule has 1 saturated heterocycles. The Morgan fingerprint density at radius 2 is 2.16 bits per heavy atom. The van der Waals surface area contributed by atoms with Crippen molar-refractivity contribution in [2.24, 2.45) is 0 Å². The molecule has 1 aliphatic rings. The summed E-state index contributed by atoms with van der Waals surface area (Å²) < 4.78 is 14.9. The molecule has 0 bridgehead atoms. The van der Waals surface area contributed by atoms with Gasteiger partial charge in [0.25, 0.3) is 0 Å². The molecule has 1 aromatic rings. The molecule has 106 valence electrons. The fourth-order valence-electron chi connectivity index (χ4n) is 3.17. The van der Waals surface area contributed by atoms with Crippen molar-refractivity contribution >= 4 is 15.9 Å². The first-order valence-corrected chi connectivity index (χ1v) is 8.13. The number of halogens is 2. The van der Waals surface area contributed by atoms with Crippen LogP contribution in [0.2, 0.25) is 0 Å². The topological polar surface area (TPSA) is 12.0 Å². The van der Waals surface area contributed by atoms with Gasteiger partial charge in [-0.05, 0) is 49.9 Å². The number of hydrogen-bond donors (Lipinski definition) is 1. The molecule has 1 aliphatic heterocycles. The molecule has 1 heterocycles. The lowest BCUT2D eigenvalue weighted by Gasteiger charge is -2.34. The van der Waals surface area contributed by atoms with Gasteiger partial charge in [0.15, 0.2) is 0 Å². The SMILES string of the molecule is CCCC1(Cc2ccc(Br)cc2F)CCCCCN1. The zero-order valence-electron chi connectivity index (χ0n) is 11.6. The number of benzene rings is 1. The van der Waals surface area contributed by atoms with E-state index in [1.807, 2.05) is 12.1 Å². The zero-order valence-corrected chi connectivity index (χ0v) is 13.2. The van der Waals surface area contributed by atoms with E-state index >= 15 is 0 Å². The van der Waals surface area contributed by atoms with Gasteiger partial charge in [0.2, 0.25) is 0 Å². The van der Waals surface area contributed by atoms with Crippen molar-refractivity contribution in [1.29, 1.82) is 0 Å². The Morgan fingerprint density at radius 3 is 2.89 bits per heavy atom. The van der Waals surface area contributed by atoms with Gasteiger partial charge >= 0.3 is 0 Å². The lowest BCUT2D eigenvalue weighted by molar-refractivity contribution is 0.285. The predicted octanol–water partition coefficient (Wildman–Crippen LogP) is 4.83. The molecule has 0 radical (unpaired) electrons. The number of rotatable bonds is 4. The van der Waals surface area contributed by atoms with Gasteiger partial charge in [-0.3, -0.25) is 0 Å². The van der Waals surface area contributed by atoms with Gasteiger partial charge in [-0.25, -0.2) is 4.39 Å². The minimum absolute atomic E-state index is 0.0871. The maximum Gasteiger partial charge on any atom is 0.127 e. The lowest BCUT2D eigenvalue weighted by Crippen LogP contribution is -2.46. The predicted molar refractivity (Wildman–Crippen MR) is 81.9 cm³/mol. The highest BCUT2D eigenvalue weighted by atomic mass is 79.9. The van der Waals surface area contributed by atoms with Crippen LogP contribution >= 0.6 is 15.9 Å². The van der Waals surface area contributed by atoms with Gasteiger partial charge in [-0.1, -0.05) is 48.2 Å². The van der Waals surface area contributed by atoms with Gasteiger partial charge in [-0.2, -0.15) is 0 Å². The average molecular weight is 328 g/mol. The first kappa shape index (κ1) is 15.0. The van der Waals surface area contributed by atoms with Crippen LogP contribution in [0, 0.1) is 5.82 Å². The van der Waals surface area contributed by atoms with Crippen molar-refractivity contribution < 1.29 is 4.39 Å². The summed E-state index contributed by atoms with van der Waals surface area (Å²) in [5.41, 5.74) is 0.936. The van der Waals surface area contributed by atoms with Crippen LogP contribution < -0.4 is 5.32 Å². The molecule has 0 amide bonds. The highest BCUT2D eigenvalue weighted by Gasteiger charge is 2.30. The van der Waals surface area contributed by atoms with Crippen LogP contribution in [0.1, 0.15) is 51.0 Å². The molecular formula is C16H23BrFN. The summed E-state index contributed by atoms with van der Waals surface area (Å²) in [4.78, 5) is 0. The minimum Gasteiger partial charge on any atom is -0.311 e. The van der Waals surface area contributed by atoms with Gasteiger partial charge in [-0.15, -0.1) is 0 Å². The van der Waals surface area contributed by atoms with Gasteiger partial charge in [0.05, 0.1) is 0 Å². The summed E-state index contributed by atoms with van der Waals surface area (Å²) in [6.07, 6.45) is 8.03. The highest BCUT2D eigenvalue weighted by molar-refractivity contribution is 9.10. The third-order valence-electron chi connectivity index (χ3n) is 4.10. The van der Waals surface area contributed by atoms with Crippen LogP contribution in [0.25, 0.3) is 0 Å². The van der Waals surface area contributed by atoms with E-state index in [-0.39, 0.29) is 11.4 Å². The first-order valence-electron chi connectivity index (χ1n) is 7.34. The standard InChI is InChI=1S/C16H23BrFN/c1-2-8-16(9-4-3-5-10-19-16)12-13-6-7-14(17)11-15(13)18/h6-7,11,19H,2-5,8-10,12H2,1H3. The molecule has 1 N–H and O–H groups in total. The smallest absolute Gasteiger partial charge is 0.127 e. The van der Waals surface area contributed by atoms with Gasteiger partial charge in [0, 0.05) is 10.0 Å². The molecular weight excluding hydrogens is 305 g/mol. The highest BCUT2D eigenvalue weighted by Crippen LogP contribution is 2.29. The van der Waals surface area contributed by atoms with Gasteiger partial charge < -0.3 is 5.32 Å². The van der Waals surface area contributed by atoms with E-state index in [0.29, 0.717) is 0 Å². The number of nitrogens with one attached hydrogen (secondary N) is 1. The third kappa shape index (κ3) is 4.03. The monoisotopic (exact) mass is 327 g/mol. The van der Waals surface area contributed by atoms with E-state index in [1.165, 1.54) is 19.3 Å². The zero-order chi connectivity index (χ0) is 13.7. The second-order valence-corrected chi connectivity index (χ2v) is 6.60. The Labute approximate surface area is 124 Å². The van der Waals surface area contributed by atoms with Crippen molar-refractivity contribution in [2.45, 2.75) is 57.4 Å². The van der Waals surface area contributed by atoms with Gasteiger partial charge in [0.1, 0.15) is 5.82 Å². The van der Waals surface area contributed by atoms with E-state index in [9.17, 15) is 4.39 Å². The van der Waals surface area contributed by atoms with Crippen LogP contribution in [-0.2, 0) is 6.42 Å². The van der Waals surface area contributed by atoms with Crippen molar-refractivity contribution in [3.05, 3.63) is 34.1 Å². The summed E-state index contributed by atoms with van der Waals surface area (Å²) >= 11 is 3.32. The van der Waals surface area contributed by atoms with Crippen LogP contribution in [0.5, 0.6) is 0 Å². The lowest BCUT2D eigenvalue weighted by atomic mass is 9.82. The summed E-state index contributed by atoms with van der Waals surface area (Å²) in [7, 11) is 0. The van der Waals surface area contributed by atoms with E-state index in [4.69, 9.17) is 0 Å². The summed E-state index contributed by atoms with van der Waals surface area (Å²) in [6, 6.07) is 5.43. The Bertz CT molecular complexity index is 411. The van der Waals surface area contributed by atoms with Crippen molar-refractivity contribution in [3.63, 3.8) is 0 Å². The largest absolute Gasteiger partial charge is 0.311 e. The molecule has 0 spiro atoms. The molecule has 19 heavy (non-hydrogen) atoms. The second kappa shape index (κ2) is 6.85. The molecule has 0 saturated carbocycles. The molecule has 1 nitrogen and oxygen atoms in total. The van der Waals surface area contributed by atoms with Crippen LogP contribution in [0.3, 0.4) is 0 Å². The Morgan fingerprint density at radius 1 is 1.32 bits per heavy atom. The van der Waals surface area contributed by atoms with Crippen molar-refractivity contribution in [2.75, 3.05) is 6.54 Å². The quantitative estimate of drug-likeness (QED) is 0.834. The van der Waals surface area contributed by atoms with Crippen LogP contribution in [-0.4, -0.2) is 12.1 Å². The fourth-order valence-corrected chi connectivity index (χ4v) is 3.50. The van der Waals surface area contributed by atoms with Crippen LogP contribution in [0.4, 0.5) is 4.39 Å². The molecule has 1 unspecified atom stereocenters. The maximum absolute atomic E-state index is 14.1. The minimum atomic E-state index is -0.0871. The summed E-state index contributed by atoms with van der Waals surface area (Å²) in [5, 5.41) is 3.71. The van der Waals surface area contributed by atoms with E-state index in [0.717, 1.165) is 42.3 Å². The summed E-state index contributed by atoms with van der Waals surface area (Å²) in [6.45, 7) is 3.28. The van der Waals surface area contributed by atoms with E-state index in [2.05, 4.69) is 28.2 Å². The number of hydrogen-bond acceptors (Lipinski definition) is 1. The van der Waals surface area contributed by atoms with Crippen molar-refractivity contribution in [3.8, 4) is 0 Å². The first-order chi connectivity index (χ1) is 9.15. The third-order valence-corrected chi connectivity index (χ3v) is 4.60. The molecule has 3 heteroatoms. The Kier molecular flexibility index (Phi) is 5.40. The van der Waals surface area contributed by atoms with Crippen LogP contribution in [0.15, 0.2) is 22.7 Å². The Balaban J connectivity index is 2.19. The fraction of sp³-hybridized carbons (Fsp3) is 0.625. The Hall–Kier alpha value is -0.410. The molecule has 1 atom stereocenters. The second-order valence-electron chi connectivity index (χ2n) is 5.68.